The van der Waals surface area contributed by atoms with E-state index in [-0.39, 0.29) is 6.61 Å². The Morgan fingerprint density at radius 2 is 1.47 bits per heavy atom. The molecule has 0 bridgehead atoms. The van der Waals surface area contributed by atoms with Gasteiger partial charge in [0.1, 0.15) is 5.75 Å². The van der Waals surface area contributed by atoms with Crippen molar-refractivity contribution in [1.29, 1.82) is 0 Å². The predicted molar refractivity (Wildman–Crippen MR) is 66.1 cm³/mol. The van der Waals surface area contributed by atoms with Gasteiger partial charge in [-0.05, 0) is 30.9 Å². The first-order valence-corrected chi connectivity index (χ1v) is 5.66. The van der Waals surface area contributed by atoms with Crippen LogP contribution in [0.4, 0.5) is 0 Å². The topological polar surface area (TPSA) is 47.9 Å². The van der Waals surface area contributed by atoms with Gasteiger partial charge in [-0.3, -0.25) is 0 Å². The van der Waals surface area contributed by atoms with E-state index in [1.165, 1.54) is 0 Å². The molecule has 0 unspecified atom stereocenters. The van der Waals surface area contributed by atoms with Gasteiger partial charge in [0, 0.05) is 12.7 Å². The zero-order chi connectivity index (χ0) is 12.7. The molecule has 0 heterocycles. The molecule has 0 amide bonds. The van der Waals surface area contributed by atoms with Crippen molar-refractivity contribution in [2.24, 2.45) is 0 Å². The smallest absolute Gasteiger partial charge is 0.164 e. The third kappa shape index (κ3) is 3.53. The Bertz CT molecular complexity index is 350. The molecule has 0 aromatic heterocycles. The van der Waals surface area contributed by atoms with Gasteiger partial charge >= 0.3 is 0 Å². The van der Waals surface area contributed by atoms with Crippen LogP contribution in [0.15, 0.2) is 12.1 Å². The number of ether oxygens (including phenoxy) is 3. The van der Waals surface area contributed by atoms with Gasteiger partial charge in [-0.15, -0.1) is 0 Å². The maximum absolute atomic E-state index is 8.78. The van der Waals surface area contributed by atoms with Gasteiger partial charge in [0.05, 0.1) is 21.3 Å². The van der Waals surface area contributed by atoms with Gasteiger partial charge in [-0.1, -0.05) is 0 Å². The highest BCUT2D eigenvalue weighted by Gasteiger charge is 2.11. The average molecular weight is 240 g/mol. The van der Waals surface area contributed by atoms with Crippen LogP contribution >= 0.6 is 0 Å². The van der Waals surface area contributed by atoms with E-state index >= 15 is 0 Å². The van der Waals surface area contributed by atoms with Crippen molar-refractivity contribution in [2.45, 2.75) is 19.3 Å². The molecule has 4 heteroatoms. The van der Waals surface area contributed by atoms with Crippen molar-refractivity contribution >= 4 is 0 Å². The van der Waals surface area contributed by atoms with E-state index in [0.29, 0.717) is 11.5 Å². The van der Waals surface area contributed by atoms with Crippen LogP contribution in [0, 0.1) is 0 Å². The van der Waals surface area contributed by atoms with Crippen molar-refractivity contribution in [3.05, 3.63) is 17.7 Å². The lowest BCUT2D eigenvalue weighted by molar-refractivity contribution is 0.284. The van der Waals surface area contributed by atoms with Crippen LogP contribution in [-0.2, 0) is 6.42 Å². The van der Waals surface area contributed by atoms with E-state index in [9.17, 15) is 0 Å². The van der Waals surface area contributed by atoms with Crippen LogP contribution in [0.1, 0.15) is 18.4 Å². The van der Waals surface area contributed by atoms with Crippen LogP contribution in [0.2, 0.25) is 0 Å². The molecule has 0 saturated heterocycles. The van der Waals surface area contributed by atoms with Gasteiger partial charge in [0.2, 0.25) is 0 Å². The van der Waals surface area contributed by atoms with Gasteiger partial charge in [-0.25, -0.2) is 0 Å². The van der Waals surface area contributed by atoms with Gasteiger partial charge in [-0.2, -0.15) is 0 Å². The second-order valence-electron chi connectivity index (χ2n) is 3.70. The van der Waals surface area contributed by atoms with E-state index in [0.717, 1.165) is 30.6 Å². The Hall–Kier alpha value is -1.42. The number of aliphatic hydroxyl groups excluding tert-OH is 1. The highest BCUT2D eigenvalue weighted by atomic mass is 16.5. The largest absolute Gasteiger partial charge is 0.496 e. The molecular weight excluding hydrogens is 220 g/mol. The van der Waals surface area contributed by atoms with Crippen LogP contribution in [-0.4, -0.2) is 33.0 Å². The van der Waals surface area contributed by atoms with Crippen LogP contribution < -0.4 is 14.2 Å². The van der Waals surface area contributed by atoms with E-state index in [2.05, 4.69) is 0 Å². The fourth-order valence-electron chi connectivity index (χ4n) is 1.72. The molecule has 1 rings (SSSR count). The molecule has 0 fully saturated rings. The minimum atomic E-state index is 0.218. The highest BCUT2D eigenvalue weighted by Crippen LogP contribution is 2.35. The summed E-state index contributed by atoms with van der Waals surface area (Å²) in [6, 6.07) is 3.75. The number of aryl methyl sites for hydroxylation is 1. The number of hydrogen-bond donors (Lipinski definition) is 1. The minimum absolute atomic E-state index is 0.218. The Morgan fingerprint density at radius 1 is 0.882 bits per heavy atom. The summed E-state index contributed by atoms with van der Waals surface area (Å²) < 4.78 is 15.8. The number of benzene rings is 1. The third-order valence-corrected chi connectivity index (χ3v) is 2.64. The maximum atomic E-state index is 8.78. The number of methoxy groups -OCH3 is 3. The molecule has 0 saturated carbocycles. The second kappa shape index (κ2) is 7.01. The summed E-state index contributed by atoms with van der Waals surface area (Å²) in [7, 11) is 4.85. The molecule has 0 atom stereocenters. The monoisotopic (exact) mass is 240 g/mol. The molecule has 0 radical (unpaired) electrons. The van der Waals surface area contributed by atoms with Gasteiger partial charge < -0.3 is 19.3 Å². The number of rotatable bonds is 7. The van der Waals surface area contributed by atoms with Crippen molar-refractivity contribution in [1.82, 2.24) is 0 Å². The lowest BCUT2D eigenvalue weighted by atomic mass is 10.1. The van der Waals surface area contributed by atoms with Crippen LogP contribution in [0.5, 0.6) is 17.2 Å². The molecule has 17 heavy (non-hydrogen) atoms. The standard InChI is InChI=1S/C13H20O4/c1-15-11-9-13(17-3)12(16-2)8-10(11)6-4-5-7-14/h8-9,14H,4-7H2,1-3H3. The second-order valence-corrected chi connectivity index (χ2v) is 3.70. The molecule has 0 aliphatic heterocycles. The van der Waals surface area contributed by atoms with Gasteiger partial charge in [0.25, 0.3) is 0 Å². The highest BCUT2D eigenvalue weighted by molar-refractivity contribution is 5.50. The normalized spacial score (nSPS) is 10.1. The number of unbranched alkanes of at least 4 members (excludes halogenated alkanes) is 1. The molecule has 4 nitrogen and oxygen atoms in total. The zero-order valence-corrected chi connectivity index (χ0v) is 10.7. The molecule has 0 spiro atoms. The fraction of sp³-hybridized carbons (Fsp3) is 0.538. The summed E-state index contributed by atoms with van der Waals surface area (Å²) in [6.07, 6.45) is 2.56. The summed E-state index contributed by atoms with van der Waals surface area (Å²) in [5, 5.41) is 8.78. The SMILES string of the molecule is COc1cc(OC)c(OC)cc1CCCCO. The average Bonchev–Trinajstić information content (AvgIpc) is 2.38. The van der Waals surface area contributed by atoms with E-state index in [1.54, 1.807) is 21.3 Å². The minimum Gasteiger partial charge on any atom is -0.496 e. The molecule has 0 aliphatic rings. The summed E-state index contributed by atoms with van der Waals surface area (Å²) >= 11 is 0. The Kier molecular flexibility index (Phi) is 5.63. The molecule has 0 aliphatic carbocycles. The lowest BCUT2D eigenvalue weighted by Crippen LogP contribution is -1.98. The molecule has 1 aromatic rings. The Labute approximate surface area is 102 Å². The molecule has 96 valence electrons. The van der Waals surface area contributed by atoms with Gasteiger partial charge in [0.15, 0.2) is 11.5 Å². The van der Waals surface area contributed by atoms with Crippen LogP contribution in [0.25, 0.3) is 0 Å². The Morgan fingerprint density at radius 3 is 2.00 bits per heavy atom. The third-order valence-electron chi connectivity index (χ3n) is 2.64. The van der Waals surface area contributed by atoms with Crippen molar-refractivity contribution in [2.75, 3.05) is 27.9 Å². The summed E-state index contributed by atoms with van der Waals surface area (Å²) in [5.74, 6) is 2.16. The predicted octanol–water partition coefficient (Wildman–Crippen LogP) is 2.03. The first-order chi connectivity index (χ1) is 8.26. The Balaban J connectivity index is 2.93. The first-order valence-electron chi connectivity index (χ1n) is 5.66. The molecule has 1 N–H and O–H groups in total. The van der Waals surface area contributed by atoms with Crippen molar-refractivity contribution in [3.8, 4) is 17.2 Å². The first kappa shape index (κ1) is 13.6. The van der Waals surface area contributed by atoms with E-state index < -0.39 is 0 Å². The molecular formula is C13H20O4. The maximum Gasteiger partial charge on any atom is 0.164 e. The summed E-state index contributed by atoms with van der Waals surface area (Å²) in [6.45, 7) is 0.218. The summed E-state index contributed by atoms with van der Waals surface area (Å²) in [5.41, 5.74) is 1.07. The van der Waals surface area contributed by atoms with E-state index in [1.807, 2.05) is 12.1 Å². The summed E-state index contributed by atoms with van der Waals surface area (Å²) in [4.78, 5) is 0. The number of aliphatic hydroxyl groups is 1. The van der Waals surface area contributed by atoms with Crippen molar-refractivity contribution < 1.29 is 19.3 Å². The lowest BCUT2D eigenvalue weighted by Gasteiger charge is -2.13. The number of hydrogen-bond acceptors (Lipinski definition) is 4. The quantitative estimate of drug-likeness (QED) is 0.741. The molecule has 1 aromatic carbocycles. The van der Waals surface area contributed by atoms with Crippen molar-refractivity contribution in [3.63, 3.8) is 0 Å². The van der Waals surface area contributed by atoms with E-state index in [4.69, 9.17) is 19.3 Å². The zero-order valence-electron chi connectivity index (χ0n) is 10.7. The van der Waals surface area contributed by atoms with Crippen LogP contribution in [0.3, 0.4) is 0 Å². The fourth-order valence-corrected chi connectivity index (χ4v) is 1.72.